The predicted octanol–water partition coefficient (Wildman–Crippen LogP) is 1.20. The predicted molar refractivity (Wildman–Crippen MR) is 45.5 cm³/mol. The molecule has 0 aliphatic rings. The van der Waals surface area contributed by atoms with Gasteiger partial charge >= 0.3 is 5.97 Å². The number of carbonyl (C=O) groups is 1. The summed E-state index contributed by atoms with van der Waals surface area (Å²) in [5.41, 5.74) is -0.112. The van der Waals surface area contributed by atoms with E-state index in [1.807, 2.05) is 0 Å². The van der Waals surface area contributed by atoms with Crippen LogP contribution < -0.4 is 4.90 Å². The summed E-state index contributed by atoms with van der Waals surface area (Å²) in [6.45, 7) is 0. The van der Waals surface area contributed by atoms with Crippen LogP contribution in [0.3, 0.4) is 0 Å². The molecule has 1 aromatic heterocycles. The van der Waals surface area contributed by atoms with Crippen molar-refractivity contribution in [2.24, 2.45) is 0 Å². The number of halogens is 1. The van der Waals surface area contributed by atoms with Crippen molar-refractivity contribution < 1.29 is 14.4 Å². The van der Waals surface area contributed by atoms with Gasteiger partial charge in [0.05, 0.1) is 0 Å². The number of anilines is 1. The van der Waals surface area contributed by atoms with Gasteiger partial charge < -0.3 is 14.5 Å². The van der Waals surface area contributed by atoms with Crippen molar-refractivity contribution in [1.82, 2.24) is 5.16 Å². The smallest absolute Gasteiger partial charge is 0.359 e. The average molecular weight is 235 g/mol. The Bertz CT molecular complexity index is 308. The van der Waals surface area contributed by atoms with E-state index >= 15 is 0 Å². The number of hydrogen-bond donors (Lipinski definition) is 1. The number of hydrogen-bond acceptors (Lipinski definition) is 4. The fourth-order valence-corrected chi connectivity index (χ4v) is 1.35. The molecule has 12 heavy (non-hydrogen) atoms. The van der Waals surface area contributed by atoms with E-state index in [-0.39, 0.29) is 5.69 Å². The molecule has 0 amide bonds. The largest absolute Gasteiger partial charge is 0.476 e. The van der Waals surface area contributed by atoms with Crippen molar-refractivity contribution in [1.29, 1.82) is 0 Å². The highest BCUT2D eigenvalue weighted by Crippen LogP contribution is 2.27. The normalized spacial score (nSPS) is 9.92. The first-order chi connectivity index (χ1) is 5.54. The molecule has 0 radical (unpaired) electrons. The first-order valence-corrected chi connectivity index (χ1v) is 3.89. The molecule has 0 aromatic carbocycles. The van der Waals surface area contributed by atoms with Crippen LogP contribution in [0.25, 0.3) is 0 Å². The molecule has 1 rings (SSSR count). The van der Waals surface area contributed by atoms with Crippen LogP contribution in [-0.4, -0.2) is 30.3 Å². The van der Waals surface area contributed by atoms with E-state index in [1.165, 1.54) is 0 Å². The minimum absolute atomic E-state index is 0.112. The Morgan fingerprint density at radius 3 is 2.50 bits per heavy atom. The zero-order valence-electron chi connectivity index (χ0n) is 6.54. The van der Waals surface area contributed by atoms with Gasteiger partial charge in [-0.2, -0.15) is 0 Å². The number of carboxylic acids is 1. The van der Waals surface area contributed by atoms with Gasteiger partial charge in [0.2, 0.25) is 11.6 Å². The molecule has 66 valence electrons. The minimum Gasteiger partial charge on any atom is -0.476 e. The van der Waals surface area contributed by atoms with Crippen molar-refractivity contribution in [2.45, 2.75) is 0 Å². The quantitative estimate of drug-likeness (QED) is 0.834. The highest BCUT2D eigenvalue weighted by Gasteiger charge is 2.19. The Morgan fingerprint density at radius 2 is 2.25 bits per heavy atom. The summed E-state index contributed by atoms with van der Waals surface area (Å²) in [4.78, 5) is 12.1. The van der Waals surface area contributed by atoms with Gasteiger partial charge in [0.25, 0.3) is 0 Å². The summed E-state index contributed by atoms with van der Waals surface area (Å²) in [5, 5.41) is 12.0. The van der Waals surface area contributed by atoms with Crippen molar-refractivity contribution in [3.63, 3.8) is 0 Å². The van der Waals surface area contributed by atoms with Crippen LogP contribution in [0.2, 0.25) is 0 Å². The topological polar surface area (TPSA) is 66.6 Å². The SMILES string of the molecule is CN(C)c1onc(C(=O)O)c1Br. The molecule has 0 atom stereocenters. The van der Waals surface area contributed by atoms with Gasteiger partial charge in [-0.15, -0.1) is 0 Å². The Kier molecular flexibility index (Phi) is 2.37. The summed E-state index contributed by atoms with van der Waals surface area (Å²) < 4.78 is 5.13. The Morgan fingerprint density at radius 1 is 1.67 bits per heavy atom. The standard InChI is InChI=1S/C6H7BrN2O3/c1-9(2)5-3(7)4(6(10)11)8-12-5/h1-2H3,(H,10,11). The first-order valence-electron chi connectivity index (χ1n) is 3.10. The molecule has 6 heteroatoms. The van der Waals surface area contributed by atoms with Crippen LogP contribution in [-0.2, 0) is 0 Å². The molecule has 0 fully saturated rings. The number of carboxylic acid groups (broad SMARTS) is 1. The highest BCUT2D eigenvalue weighted by molar-refractivity contribution is 9.10. The van der Waals surface area contributed by atoms with Crippen molar-refractivity contribution >= 4 is 27.8 Å². The maximum Gasteiger partial charge on any atom is 0.359 e. The van der Waals surface area contributed by atoms with Crippen LogP contribution >= 0.6 is 15.9 Å². The second-order valence-electron chi connectivity index (χ2n) is 2.35. The lowest BCUT2D eigenvalue weighted by Crippen LogP contribution is -2.08. The molecule has 1 aromatic rings. The van der Waals surface area contributed by atoms with E-state index in [4.69, 9.17) is 9.63 Å². The number of nitrogens with zero attached hydrogens (tertiary/aromatic N) is 2. The highest BCUT2D eigenvalue weighted by atomic mass is 79.9. The molecule has 0 saturated carbocycles. The van der Waals surface area contributed by atoms with E-state index in [0.29, 0.717) is 10.4 Å². The fourth-order valence-electron chi connectivity index (χ4n) is 0.681. The van der Waals surface area contributed by atoms with E-state index in [1.54, 1.807) is 19.0 Å². The Labute approximate surface area is 77.1 Å². The third-order valence-electron chi connectivity index (χ3n) is 1.23. The molecule has 1 heterocycles. The maximum absolute atomic E-state index is 10.5. The summed E-state index contributed by atoms with van der Waals surface area (Å²) in [7, 11) is 3.47. The van der Waals surface area contributed by atoms with Gasteiger partial charge in [0.15, 0.2) is 0 Å². The molecule has 0 bridgehead atoms. The van der Waals surface area contributed by atoms with Gasteiger partial charge in [0.1, 0.15) is 4.47 Å². The van der Waals surface area contributed by atoms with Crippen LogP contribution in [0.15, 0.2) is 9.00 Å². The third-order valence-corrected chi connectivity index (χ3v) is 1.94. The Hall–Kier alpha value is -1.04. The molecule has 1 N–H and O–H groups in total. The monoisotopic (exact) mass is 234 g/mol. The summed E-state index contributed by atoms with van der Waals surface area (Å²) >= 11 is 3.07. The fraction of sp³-hybridized carbons (Fsp3) is 0.333. The van der Waals surface area contributed by atoms with E-state index in [0.717, 1.165) is 0 Å². The molecule has 0 spiro atoms. The first kappa shape index (κ1) is 9.05. The van der Waals surface area contributed by atoms with Gasteiger partial charge in [0, 0.05) is 14.1 Å². The van der Waals surface area contributed by atoms with Gasteiger partial charge in [-0.1, -0.05) is 5.16 Å². The molecule has 0 aliphatic carbocycles. The van der Waals surface area contributed by atoms with Crippen LogP contribution in [0.5, 0.6) is 0 Å². The van der Waals surface area contributed by atoms with Crippen LogP contribution in [0, 0.1) is 0 Å². The summed E-state index contributed by atoms with van der Waals surface area (Å²) in [5.74, 6) is -0.717. The molecular weight excluding hydrogens is 228 g/mol. The van der Waals surface area contributed by atoms with Crippen LogP contribution in [0.4, 0.5) is 5.88 Å². The Balaban J connectivity index is 3.13. The average Bonchev–Trinajstić information content (AvgIpc) is 2.30. The molecule has 5 nitrogen and oxygen atoms in total. The molecule has 0 unspecified atom stereocenters. The summed E-state index contributed by atoms with van der Waals surface area (Å²) in [6.07, 6.45) is 0. The maximum atomic E-state index is 10.5. The van der Waals surface area contributed by atoms with Crippen molar-refractivity contribution in [3.8, 4) is 0 Å². The van der Waals surface area contributed by atoms with E-state index in [9.17, 15) is 4.79 Å². The second kappa shape index (κ2) is 3.14. The lowest BCUT2D eigenvalue weighted by Gasteiger charge is -2.05. The van der Waals surface area contributed by atoms with Gasteiger partial charge in [-0.25, -0.2) is 4.79 Å². The van der Waals surface area contributed by atoms with E-state index in [2.05, 4.69) is 21.1 Å². The second-order valence-corrected chi connectivity index (χ2v) is 3.14. The third kappa shape index (κ3) is 1.42. The van der Waals surface area contributed by atoms with Crippen LogP contribution in [0.1, 0.15) is 10.5 Å². The summed E-state index contributed by atoms with van der Waals surface area (Å²) in [6, 6.07) is 0. The minimum atomic E-state index is -1.11. The molecule has 0 aliphatic heterocycles. The number of aromatic carboxylic acids is 1. The number of rotatable bonds is 2. The number of aromatic nitrogens is 1. The van der Waals surface area contributed by atoms with E-state index < -0.39 is 5.97 Å². The van der Waals surface area contributed by atoms with Crippen molar-refractivity contribution in [3.05, 3.63) is 10.2 Å². The molecular formula is C6H7BrN2O3. The molecule has 0 saturated heterocycles. The van der Waals surface area contributed by atoms with Crippen molar-refractivity contribution in [2.75, 3.05) is 19.0 Å². The zero-order chi connectivity index (χ0) is 9.30. The zero-order valence-corrected chi connectivity index (χ0v) is 8.12. The van der Waals surface area contributed by atoms with Gasteiger partial charge in [-0.3, -0.25) is 0 Å². The van der Waals surface area contributed by atoms with Gasteiger partial charge in [-0.05, 0) is 15.9 Å². The lowest BCUT2D eigenvalue weighted by atomic mass is 10.4. The lowest BCUT2D eigenvalue weighted by molar-refractivity contribution is 0.0685.